The molecule has 0 aliphatic carbocycles. The number of halogens is 2. The Bertz CT molecular complexity index is 2930. The number of aromatic nitrogens is 5. The van der Waals surface area contributed by atoms with E-state index in [4.69, 9.17) is 71.9 Å². The van der Waals surface area contributed by atoms with E-state index in [0.717, 1.165) is 26.4 Å². The number of thiocarbonyl (C=S) groups is 3. The van der Waals surface area contributed by atoms with Crippen LogP contribution in [0, 0.1) is 36.1 Å². The molecule has 5 aromatic rings. The van der Waals surface area contributed by atoms with E-state index in [1.807, 2.05) is 0 Å². The van der Waals surface area contributed by atoms with Crippen molar-refractivity contribution in [3.8, 4) is 0 Å². The zero-order valence-corrected chi connectivity index (χ0v) is 52.0. The molecule has 0 aliphatic rings. The smallest absolute Gasteiger partial charge is 0.512 e. The Hall–Kier alpha value is -6.03. The van der Waals surface area contributed by atoms with E-state index >= 15 is 0 Å². The van der Waals surface area contributed by atoms with Crippen molar-refractivity contribution in [2.75, 3.05) is 35.5 Å². The van der Waals surface area contributed by atoms with Crippen LogP contribution in [0.25, 0.3) is 4.85 Å². The summed E-state index contributed by atoms with van der Waals surface area (Å²) < 4.78 is 36.0. The van der Waals surface area contributed by atoms with Crippen molar-refractivity contribution in [2.45, 2.75) is 0 Å². The number of pyridine rings is 5. The van der Waals surface area contributed by atoms with Crippen LogP contribution in [0.3, 0.4) is 0 Å². The van der Waals surface area contributed by atoms with Crippen molar-refractivity contribution in [2.24, 2.45) is 17.2 Å². The maximum atomic E-state index is 13.0. The summed E-state index contributed by atoms with van der Waals surface area (Å²) in [6.45, 7) is 16.1. The van der Waals surface area contributed by atoms with Gasteiger partial charge in [0, 0.05) is 32.7 Å². The minimum absolute atomic E-state index is 0. The van der Waals surface area contributed by atoms with Crippen molar-refractivity contribution in [1.82, 2.24) is 24.9 Å². The first kappa shape index (κ1) is 75.5. The van der Waals surface area contributed by atoms with Gasteiger partial charge >= 0.3 is 49.3 Å². The number of nitrogens with two attached hydrogens (primary N) is 3. The number of nitrogens with zero attached hydrogens (tertiary/aromatic N) is 8. The molecule has 5 rings (SSSR count). The molecule has 0 saturated heterocycles. The van der Waals surface area contributed by atoms with E-state index in [1.54, 1.807) is 30.5 Å². The van der Waals surface area contributed by atoms with Crippen LogP contribution in [0.15, 0.2) is 90.2 Å². The third kappa shape index (κ3) is 32.8. The number of esters is 5. The predicted molar refractivity (Wildman–Crippen MR) is 300 cm³/mol. The molecule has 0 fully saturated rings. The molecule has 0 aromatic carbocycles. The van der Waals surface area contributed by atoms with Crippen molar-refractivity contribution < 1.29 is 71.5 Å². The number of carbonyl (C=O) groups is 5. The Morgan fingerprint density at radius 2 is 0.987 bits per heavy atom. The molecule has 5 aromatic heterocycles. The largest absolute Gasteiger partial charge is 2.00 e. The number of methoxy groups -OCH3 is 5. The zero-order valence-electron chi connectivity index (χ0n) is 39.1. The van der Waals surface area contributed by atoms with Gasteiger partial charge in [0.25, 0.3) is 5.82 Å². The van der Waals surface area contributed by atoms with Gasteiger partial charge < -0.3 is 69.4 Å². The average Bonchev–Trinajstić information content (AvgIpc) is 3.44. The second kappa shape index (κ2) is 46.5. The summed E-state index contributed by atoms with van der Waals surface area (Å²) in [5.74, 6) is -3.03. The number of carbonyl (C=O) groups excluding carboxylic acids is 5. The van der Waals surface area contributed by atoms with Crippen LogP contribution < -0.4 is 17.2 Å². The van der Waals surface area contributed by atoms with Gasteiger partial charge in [0.1, 0.15) is 25.8 Å². The van der Waals surface area contributed by atoms with Crippen LogP contribution in [0.4, 0.5) is 10.2 Å². The molecule has 0 saturated carbocycles. The van der Waals surface area contributed by atoms with E-state index in [2.05, 4.69) is 105 Å². The fourth-order valence-electron chi connectivity index (χ4n) is 3.87. The van der Waals surface area contributed by atoms with Gasteiger partial charge in [-0.15, -0.1) is 4.98 Å². The van der Waals surface area contributed by atoms with Crippen LogP contribution in [0.5, 0.6) is 0 Å². The summed E-state index contributed by atoms with van der Waals surface area (Å²) in [4.78, 5) is 77.3. The Balaban J connectivity index is -0.000000400. The van der Waals surface area contributed by atoms with Gasteiger partial charge in [0.15, 0.2) is 5.82 Å². The summed E-state index contributed by atoms with van der Waals surface area (Å²) in [6.07, 6.45) is 6.73. The van der Waals surface area contributed by atoms with Gasteiger partial charge in [0.2, 0.25) is 0 Å². The van der Waals surface area contributed by atoms with Gasteiger partial charge in [-0.25, -0.2) is 33.3 Å². The molecule has 0 amide bonds. The number of hydrogen-bond donors (Lipinski definition) is 3. The predicted octanol–water partition coefficient (Wildman–Crippen LogP) is 6.60. The molecule has 6 N–H and O–H groups in total. The Labute approximate surface area is 488 Å². The first-order valence-corrected chi connectivity index (χ1v) is 28.8. The van der Waals surface area contributed by atoms with Gasteiger partial charge in [-0.1, -0.05) is 43.2 Å². The van der Waals surface area contributed by atoms with Crippen molar-refractivity contribution in [1.29, 1.82) is 10.5 Å². The second-order valence-corrected chi connectivity index (χ2v) is 23.1. The van der Waals surface area contributed by atoms with E-state index in [1.165, 1.54) is 106 Å². The molecule has 0 bridgehead atoms. The molecule has 75 heavy (non-hydrogen) atoms. The molecule has 0 spiro atoms. The molecule has 0 atom stereocenters. The monoisotopic (exact) mass is 1320 g/mol. The molecule has 0 aliphatic heterocycles. The summed E-state index contributed by atoms with van der Waals surface area (Å²) in [7, 11) is 13.2. The first-order valence-electron chi connectivity index (χ1n) is 18.2. The molecule has 34 heteroatoms. The quantitative estimate of drug-likeness (QED) is 0.0266. The fraction of sp³-hybridized carbons (Fsp3) is 0.122. The molecular weight excluding hydrogens is 1290 g/mol. The summed E-state index contributed by atoms with van der Waals surface area (Å²) in [5.41, 5.74) is 18.4. The molecular formula is C41H35BrFN11O10P2S8Zn. The number of ether oxygens (including phenoxy) is 5. The molecule has 0 unspecified atom stereocenters. The van der Waals surface area contributed by atoms with Crippen molar-refractivity contribution in [3.63, 3.8) is 0 Å². The average molecular weight is 1320 g/mol. The second-order valence-electron chi connectivity index (χ2n) is 11.2. The van der Waals surface area contributed by atoms with Crippen molar-refractivity contribution >= 4 is 168 Å². The van der Waals surface area contributed by atoms with E-state index in [9.17, 15) is 28.4 Å². The molecule has 388 valence electrons. The van der Waals surface area contributed by atoms with Crippen LogP contribution in [0.2, 0.25) is 0 Å². The summed E-state index contributed by atoms with van der Waals surface area (Å²) >= 11 is 26.4. The van der Waals surface area contributed by atoms with E-state index < -0.39 is 29.7 Å². The van der Waals surface area contributed by atoms with Crippen LogP contribution >= 0.6 is 66.7 Å². The normalized spacial score (nSPS) is 8.61. The summed E-state index contributed by atoms with van der Waals surface area (Å²) in [5, 5.41) is 12.5. The van der Waals surface area contributed by atoms with Crippen LogP contribution in [-0.4, -0.2) is 105 Å². The first-order chi connectivity index (χ1) is 35.3. The van der Waals surface area contributed by atoms with Crippen LogP contribution in [-0.2, 0) is 93.4 Å². The maximum Gasteiger partial charge on any atom is 2.00 e. The minimum Gasteiger partial charge on any atom is -0.512 e. The number of rotatable bonds is 9. The third-order valence-electron chi connectivity index (χ3n) is 6.93. The van der Waals surface area contributed by atoms with E-state index in [0.29, 0.717) is 38.2 Å². The Kier molecular flexibility index (Phi) is 46.8. The van der Waals surface area contributed by atoms with Gasteiger partial charge in [-0.3, -0.25) is 15.0 Å². The van der Waals surface area contributed by atoms with Crippen LogP contribution in [0.1, 0.15) is 68.9 Å². The van der Waals surface area contributed by atoms with Gasteiger partial charge in [-0.2, -0.15) is 0 Å². The molecule has 0 radical (unpaired) electrons. The standard InChI is InChI=1S/C8H7FN2O2S.2C8H8N2O2S.C8H6N2O2.C7H6BrNO2.2CN.P2S5.Zn/c1-13-8(12)4-2-6(7(10)14)11-3-5(4)9;2*1-12-8(11)5-2-3-10-6(4-5)7(9)13;1-9-7-5-6(3-4-10-7)8(11)12-2;1-11-7(10)5-2-3-9-6(8)4-5;2*1-2;3-1-2-5-7-6-4;/h2-3H,1H3,(H2,10,14);2*2-4H,1H3,(H2,9,13);3-5H,2H3;2-4H,1H3;;;;/q;;;;;2*-1;;+2. The number of hydrogen-bond acceptors (Lipinski definition) is 22. The van der Waals surface area contributed by atoms with Gasteiger partial charge in [-0.05, 0) is 121 Å². The van der Waals surface area contributed by atoms with Gasteiger partial charge in [0.05, 0.1) is 86.6 Å². The SMILES string of the molecule is COC(=O)c1cc(C(N)=S)ncc1F.COC(=O)c1ccnc(Br)c1.COC(=O)c1ccnc(C(N)=S)c1.COC(=O)c1ccnc(C(N)=S)c1.S=PP=S=S=S=S.[C-]#N.[C-]#N.[C-]#[N+]c1cc(C(=O)OC)ccn1.[Zn+2]. The van der Waals surface area contributed by atoms with E-state index in [-0.39, 0.29) is 57.5 Å². The minimum atomic E-state index is -0.789. The molecule has 21 nitrogen and oxygen atoms in total. The van der Waals surface area contributed by atoms with Crippen molar-refractivity contribution in [3.05, 3.63) is 165 Å². The third-order valence-corrected chi connectivity index (χ3v) is 18.0. The topological polar surface area (TPSA) is 326 Å². The maximum absolute atomic E-state index is 13.0. The summed E-state index contributed by atoms with van der Waals surface area (Å²) in [6, 6.07) is 13.3. The fourth-order valence-corrected chi connectivity index (χ4v) is 14.2. The molecule has 5 heterocycles. The zero-order chi connectivity index (χ0) is 57.2. The Morgan fingerprint density at radius 3 is 1.33 bits per heavy atom. The Morgan fingerprint density at radius 1 is 0.627 bits per heavy atom.